The number of hydrogen-bond acceptors (Lipinski definition) is 3. The van der Waals surface area contributed by atoms with Gasteiger partial charge in [0.1, 0.15) is 11.6 Å². The highest BCUT2D eigenvalue weighted by Gasteiger charge is 2.25. The zero-order chi connectivity index (χ0) is 14.1. The highest BCUT2D eigenvalue weighted by atomic mass is 15.3. The van der Waals surface area contributed by atoms with Crippen LogP contribution in [0.4, 0.5) is 0 Å². The van der Waals surface area contributed by atoms with Gasteiger partial charge in [-0.2, -0.15) is 0 Å². The molecular formula is C16H28N4. The fourth-order valence-corrected chi connectivity index (χ4v) is 3.63. The normalized spacial score (nSPS) is 25.1. The molecule has 0 saturated carbocycles. The van der Waals surface area contributed by atoms with Crippen LogP contribution in [0.5, 0.6) is 0 Å². The second kappa shape index (κ2) is 5.84. The van der Waals surface area contributed by atoms with E-state index in [4.69, 9.17) is 0 Å². The zero-order valence-electron chi connectivity index (χ0n) is 13.2. The van der Waals surface area contributed by atoms with E-state index in [0.29, 0.717) is 6.04 Å². The third kappa shape index (κ3) is 2.90. The van der Waals surface area contributed by atoms with Crippen LogP contribution in [0.15, 0.2) is 0 Å². The lowest BCUT2D eigenvalue weighted by atomic mass is 9.92. The molecule has 1 atom stereocenters. The van der Waals surface area contributed by atoms with Gasteiger partial charge in [0.15, 0.2) is 0 Å². The molecular weight excluding hydrogens is 248 g/mol. The first-order chi connectivity index (χ1) is 9.63. The van der Waals surface area contributed by atoms with Crippen LogP contribution in [0.2, 0.25) is 0 Å². The van der Waals surface area contributed by atoms with Crippen molar-refractivity contribution in [2.45, 2.75) is 65.5 Å². The van der Waals surface area contributed by atoms with Crippen LogP contribution in [-0.4, -0.2) is 38.8 Å². The topological polar surface area (TPSA) is 34.0 Å². The Morgan fingerprint density at radius 2 is 1.90 bits per heavy atom. The number of likely N-dealkylation sites (tertiary alicyclic amines) is 1. The second-order valence-corrected chi connectivity index (χ2v) is 7.06. The van der Waals surface area contributed by atoms with Crippen LogP contribution in [0.3, 0.4) is 0 Å². The molecule has 0 radical (unpaired) electrons. The number of hydrogen-bond donors (Lipinski definition) is 0. The number of piperidine rings is 1. The van der Waals surface area contributed by atoms with Crippen LogP contribution in [-0.2, 0) is 19.4 Å². The Labute approximate surface area is 122 Å². The van der Waals surface area contributed by atoms with Gasteiger partial charge in [0.2, 0.25) is 0 Å². The van der Waals surface area contributed by atoms with Crippen LogP contribution >= 0.6 is 0 Å². The summed E-state index contributed by atoms with van der Waals surface area (Å²) in [4.78, 5) is 2.60. The minimum absolute atomic E-state index is 0.692. The average Bonchev–Trinajstić information content (AvgIpc) is 2.82. The first kappa shape index (κ1) is 14.1. The van der Waals surface area contributed by atoms with Crippen LogP contribution in [0, 0.1) is 11.8 Å². The maximum atomic E-state index is 4.48. The Morgan fingerprint density at radius 3 is 2.60 bits per heavy atom. The summed E-state index contributed by atoms with van der Waals surface area (Å²) in [6.07, 6.45) is 6.14. The Bertz CT molecular complexity index is 443. The number of nitrogens with zero attached hydrogens (tertiary/aromatic N) is 4. The van der Waals surface area contributed by atoms with E-state index in [1.165, 1.54) is 44.0 Å². The van der Waals surface area contributed by atoms with Crippen LogP contribution in [0.25, 0.3) is 0 Å². The Balaban J connectivity index is 1.61. The fraction of sp³-hybridized carbons (Fsp3) is 0.875. The van der Waals surface area contributed by atoms with Gasteiger partial charge in [-0.15, -0.1) is 10.2 Å². The maximum Gasteiger partial charge on any atom is 0.133 e. The predicted molar refractivity (Wildman–Crippen MR) is 80.6 cm³/mol. The van der Waals surface area contributed by atoms with E-state index in [1.54, 1.807) is 0 Å². The summed E-state index contributed by atoms with van der Waals surface area (Å²) in [5.41, 5.74) is 0. The van der Waals surface area contributed by atoms with Crippen molar-refractivity contribution in [3.63, 3.8) is 0 Å². The summed E-state index contributed by atoms with van der Waals surface area (Å²) < 4.78 is 2.41. The largest absolute Gasteiger partial charge is 0.315 e. The van der Waals surface area contributed by atoms with E-state index in [2.05, 4.69) is 40.4 Å². The molecule has 0 aromatic carbocycles. The molecule has 4 nitrogen and oxygen atoms in total. The van der Waals surface area contributed by atoms with E-state index in [1.807, 2.05) is 0 Å². The Hall–Kier alpha value is -0.900. The molecule has 1 aromatic rings. The zero-order valence-corrected chi connectivity index (χ0v) is 13.2. The summed E-state index contributed by atoms with van der Waals surface area (Å²) in [6.45, 7) is 10.6. The molecule has 112 valence electrons. The van der Waals surface area contributed by atoms with Gasteiger partial charge >= 0.3 is 0 Å². The van der Waals surface area contributed by atoms with E-state index in [0.717, 1.165) is 31.2 Å². The lowest BCUT2D eigenvalue weighted by molar-refractivity contribution is 0.148. The van der Waals surface area contributed by atoms with Crippen molar-refractivity contribution >= 4 is 0 Å². The maximum absolute atomic E-state index is 4.48. The molecule has 2 aliphatic rings. The number of rotatable bonds is 3. The van der Waals surface area contributed by atoms with Crippen LogP contribution in [0.1, 0.15) is 51.7 Å². The third-order valence-electron chi connectivity index (χ3n) is 5.11. The summed E-state index contributed by atoms with van der Waals surface area (Å²) in [5.74, 6) is 4.04. The van der Waals surface area contributed by atoms with Crippen molar-refractivity contribution in [1.29, 1.82) is 0 Å². The standard InChI is InChI=1S/C16H28N4/c1-12(2)19-8-6-14(7-9-19)10-16-18-17-15-5-4-13(3)11-20(15)16/h12-14H,4-11H2,1-3H3. The molecule has 1 aromatic heterocycles. The monoisotopic (exact) mass is 276 g/mol. The van der Waals surface area contributed by atoms with E-state index in [-0.39, 0.29) is 0 Å². The molecule has 3 rings (SSSR count). The average molecular weight is 276 g/mol. The lowest BCUT2D eigenvalue weighted by Crippen LogP contribution is -2.39. The van der Waals surface area contributed by atoms with Crippen molar-refractivity contribution in [3.8, 4) is 0 Å². The minimum atomic E-state index is 0.692. The van der Waals surface area contributed by atoms with Gasteiger partial charge < -0.3 is 9.47 Å². The Morgan fingerprint density at radius 1 is 1.15 bits per heavy atom. The molecule has 3 heterocycles. The van der Waals surface area contributed by atoms with Crippen molar-refractivity contribution in [2.75, 3.05) is 13.1 Å². The molecule has 4 heteroatoms. The van der Waals surface area contributed by atoms with Crippen molar-refractivity contribution in [3.05, 3.63) is 11.6 Å². The molecule has 1 fully saturated rings. The summed E-state index contributed by atoms with van der Waals surface area (Å²) in [6, 6.07) is 0.692. The van der Waals surface area contributed by atoms with E-state index >= 15 is 0 Å². The highest BCUT2D eigenvalue weighted by molar-refractivity contribution is 5.01. The quantitative estimate of drug-likeness (QED) is 0.850. The first-order valence-electron chi connectivity index (χ1n) is 8.28. The molecule has 20 heavy (non-hydrogen) atoms. The molecule has 0 N–H and O–H groups in total. The number of fused-ring (bicyclic) bond motifs is 1. The van der Waals surface area contributed by atoms with Crippen molar-refractivity contribution in [2.24, 2.45) is 11.8 Å². The molecule has 1 saturated heterocycles. The Kier molecular flexibility index (Phi) is 4.11. The first-order valence-corrected chi connectivity index (χ1v) is 8.28. The van der Waals surface area contributed by atoms with E-state index in [9.17, 15) is 0 Å². The summed E-state index contributed by atoms with van der Waals surface area (Å²) >= 11 is 0. The molecule has 0 amide bonds. The van der Waals surface area contributed by atoms with Crippen molar-refractivity contribution < 1.29 is 0 Å². The predicted octanol–water partition coefficient (Wildman–Crippen LogP) is 2.52. The van der Waals surface area contributed by atoms with Gasteiger partial charge in [-0.1, -0.05) is 6.92 Å². The molecule has 1 unspecified atom stereocenters. The van der Waals surface area contributed by atoms with E-state index < -0.39 is 0 Å². The van der Waals surface area contributed by atoms with Gasteiger partial charge in [-0.3, -0.25) is 0 Å². The number of aromatic nitrogens is 3. The smallest absolute Gasteiger partial charge is 0.133 e. The van der Waals surface area contributed by atoms with Gasteiger partial charge in [0.25, 0.3) is 0 Å². The fourth-order valence-electron chi connectivity index (χ4n) is 3.63. The number of aryl methyl sites for hydroxylation is 1. The van der Waals surface area contributed by atoms with Gasteiger partial charge in [-0.25, -0.2) is 0 Å². The molecule has 2 aliphatic heterocycles. The molecule has 0 bridgehead atoms. The van der Waals surface area contributed by atoms with Gasteiger partial charge in [0.05, 0.1) is 0 Å². The lowest BCUT2D eigenvalue weighted by Gasteiger charge is -2.34. The summed E-state index contributed by atoms with van der Waals surface area (Å²) in [7, 11) is 0. The molecule has 0 spiro atoms. The SMILES string of the molecule is CC1CCc2nnc(CC3CCN(C(C)C)CC3)n2C1. The summed E-state index contributed by atoms with van der Waals surface area (Å²) in [5, 5.41) is 8.88. The van der Waals surface area contributed by atoms with Gasteiger partial charge in [0, 0.05) is 25.4 Å². The minimum Gasteiger partial charge on any atom is -0.315 e. The van der Waals surface area contributed by atoms with Gasteiger partial charge in [-0.05, 0) is 58.0 Å². The van der Waals surface area contributed by atoms with Crippen molar-refractivity contribution in [1.82, 2.24) is 19.7 Å². The highest BCUT2D eigenvalue weighted by Crippen LogP contribution is 2.25. The van der Waals surface area contributed by atoms with Crippen LogP contribution < -0.4 is 0 Å². The second-order valence-electron chi connectivity index (χ2n) is 7.06. The molecule has 0 aliphatic carbocycles. The third-order valence-corrected chi connectivity index (χ3v) is 5.11.